The highest BCUT2D eigenvalue weighted by Gasteiger charge is 2.21. The predicted octanol–water partition coefficient (Wildman–Crippen LogP) is 4.48. The van der Waals surface area contributed by atoms with Crippen molar-refractivity contribution in [1.29, 1.82) is 0 Å². The molecule has 0 radical (unpaired) electrons. The summed E-state index contributed by atoms with van der Waals surface area (Å²) in [7, 11) is 1.51. The van der Waals surface area contributed by atoms with Crippen LogP contribution in [0, 0.1) is 6.92 Å². The average Bonchev–Trinajstić information content (AvgIpc) is 3.37. The number of anilines is 2. The summed E-state index contributed by atoms with van der Waals surface area (Å²) in [6.45, 7) is 3.17. The van der Waals surface area contributed by atoms with E-state index in [0.29, 0.717) is 45.2 Å². The maximum absolute atomic E-state index is 13.3. The Labute approximate surface area is 175 Å². The van der Waals surface area contributed by atoms with Crippen LogP contribution in [0.4, 0.5) is 11.4 Å². The Hall–Kier alpha value is -3.72. The molecule has 3 aromatic heterocycles. The van der Waals surface area contributed by atoms with Gasteiger partial charge in [0.15, 0.2) is 0 Å². The van der Waals surface area contributed by atoms with Crippen molar-refractivity contribution in [1.82, 2.24) is 10.1 Å². The molecule has 3 heterocycles. The molecule has 4 rings (SSSR count). The van der Waals surface area contributed by atoms with Crippen LogP contribution in [0.5, 0.6) is 5.75 Å². The van der Waals surface area contributed by atoms with Crippen molar-refractivity contribution in [2.24, 2.45) is 0 Å². The fourth-order valence-corrected chi connectivity index (χ4v) is 3.79. The molecule has 30 heavy (non-hydrogen) atoms. The number of carbonyl (C=O) groups is 2. The lowest BCUT2D eigenvalue weighted by Crippen LogP contribution is -2.14. The van der Waals surface area contributed by atoms with E-state index >= 15 is 0 Å². The number of fused-ring (bicyclic) bond motifs is 1. The van der Waals surface area contributed by atoms with Crippen LogP contribution < -0.4 is 15.4 Å². The number of aromatic nitrogens is 2. The third kappa shape index (κ3) is 3.74. The highest BCUT2D eigenvalue weighted by atomic mass is 32.1. The normalized spacial score (nSPS) is 10.8. The largest absolute Gasteiger partial charge is 0.495 e. The molecule has 2 amide bonds. The maximum atomic E-state index is 13.3. The van der Waals surface area contributed by atoms with E-state index in [9.17, 15) is 9.59 Å². The first-order chi connectivity index (χ1) is 14.5. The number of hydrogen-bond donors (Lipinski definition) is 2. The van der Waals surface area contributed by atoms with Gasteiger partial charge in [-0.15, -0.1) is 11.3 Å². The first kappa shape index (κ1) is 19.6. The lowest BCUT2D eigenvalue weighted by Gasteiger charge is -2.13. The number of thiophene rings is 1. The van der Waals surface area contributed by atoms with Gasteiger partial charge in [-0.3, -0.25) is 9.59 Å². The highest BCUT2D eigenvalue weighted by Crippen LogP contribution is 2.32. The highest BCUT2D eigenvalue weighted by molar-refractivity contribution is 7.13. The van der Waals surface area contributed by atoms with E-state index in [2.05, 4.69) is 20.8 Å². The van der Waals surface area contributed by atoms with Gasteiger partial charge in [0.05, 0.1) is 40.0 Å². The Morgan fingerprint density at radius 3 is 2.70 bits per heavy atom. The number of hydrogen-bond acceptors (Lipinski definition) is 7. The van der Waals surface area contributed by atoms with Crippen molar-refractivity contribution in [2.75, 3.05) is 17.7 Å². The summed E-state index contributed by atoms with van der Waals surface area (Å²) in [6.07, 6.45) is 0. The van der Waals surface area contributed by atoms with Gasteiger partial charge in [0, 0.05) is 12.6 Å². The molecule has 0 saturated carbocycles. The minimum atomic E-state index is -0.371. The summed E-state index contributed by atoms with van der Waals surface area (Å²) in [5, 5.41) is 12.0. The number of rotatable bonds is 5. The van der Waals surface area contributed by atoms with Gasteiger partial charge >= 0.3 is 0 Å². The van der Waals surface area contributed by atoms with Crippen LogP contribution >= 0.6 is 11.3 Å². The van der Waals surface area contributed by atoms with Crippen molar-refractivity contribution >= 4 is 45.6 Å². The summed E-state index contributed by atoms with van der Waals surface area (Å²) < 4.78 is 10.7. The standard InChI is InChI=1S/C21H18N4O4S/c1-11-19-14(10-16(18-5-4-8-30-18)24-21(19)29-25-11)20(27)23-15-9-13(22-12(2)26)6-7-17(15)28-3/h4-10H,1-3H3,(H,22,26)(H,23,27). The number of carbonyl (C=O) groups excluding carboxylic acids is 2. The summed E-state index contributed by atoms with van der Waals surface area (Å²) >= 11 is 1.51. The molecule has 0 saturated heterocycles. The zero-order valence-electron chi connectivity index (χ0n) is 16.5. The number of amides is 2. The van der Waals surface area contributed by atoms with E-state index in [1.165, 1.54) is 25.4 Å². The minimum Gasteiger partial charge on any atom is -0.495 e. The molecule has 2 N–H and O–H groups in total. The Morgan fingerprint density at radius 2 is 2.00 bits per heavy atom. The molecule has 0 fully saturated rings. The molecular formula is C21H18N4O4S. The van der Waals surface area contributed by atoms with E-state index in [4.69, 9.17) is 9.26 Å². The van der Waals surface area contributed by atoms with Crippen molar-refractivity contribution in [2.45, 2.75) is 13.8 Å². The quantitative estimate of drug-likeness (QED) is 0.491. The van der Waals surface area contributed by atoms with E-state index in [1.807, 2.05) is 17.5 Å². The van der Waals surface area contributed by atoms with Gasteiger partial charge in [-0.2, -0.15) is 0 Å². The molecule has 0 aliphatic carbocycles. The molecule has 4 aromatic rings. The van der Waals surface area contributed by atoms with Crippen LogP contribution in [-0.4, -0.2) is 29.1 Å². The zero-order valence-corrected chi connectivity index (χ0v) is 17.3. The van der Waals surface area contributed by atoms with Gasteiger partial charge < -0.3 is 19.9 Å². The van der Waals surface area contributed by atoms with Crippen LogP contribution in [0.1, 0.15) is 23.0 Å². The van der Waals surface area contributed by atoms with Gasteiger partial charge in [0.2, 0.25) is 5.91 Å². The topological polar surface area (TPSA) is 106 Å². The van der Waals surface area contributed by atoms with Crippen molar-refractivity contribution in [3.8, 4) is 16.3 Å². The summed E-state index contributed by atoms with van der Waals surface area (Å²) in [6, 6.07) is 10.6. The minimum absolute atomic E-state index is 0.214. The van der Waals surface area contributed by atoms with Crippen molar-refractivity contribution in [3.05, 3.63) is 53.0 Å². The Balaban J connectivity index is 1.77. The van der Waals surface area contributed by atoms with Gasteiger partial charge in [-0.1, -0.05) is 11.2 Å². The first-order valence-corrected chi connectivity index (χ1v) is 9.92. The van der Waals surface area contributed by atoms with E-state index < -0.39 is 0 Å². The number of methoxy groups -OCH3 is 1. The van der Waals surface area contributed by atoms with Gasteiger partial charge in [0.25, 0.3) is 11.6 Å². The molecule has 8 nitrogen and oxygen atoms in total. The summed E-state index contributed by atoms with van der Waals surface area (Å²) in [4.78, 5) is 30.0. The van der Waals surface area contributed by atoms with Gasteiger partial charge in [-0.05, 0) is 42.6 Å². The molecule has 0 aliphatic rings. The van der Waals surface area contributed by atoms with E-state index in [-0.39, 0.29) is 11.8 Å². The van der Waals surface area contributed by atoms with Gasteiger partial charge in [0.1, 0.15) is 5.75 Å². The van der Waals surface area contributed by atoms with Crippen LogP contribution in [0.3, 0.4) is 0 Å². The van der Waals surface area contributed by atoms with Crippen molar-refractivity contribution in [3.63, 3.8) is 0 Å². The molecule has 0 atom stereocenters. The number of aryl methyl sites for hydroxylation is 1. The lowest BCUT2D eigenvalue weighted by molar-refractivity contribution is -0.114. The Kier molecular flexibility index (Phi) is 5.20. The molecule has 1 aromatic carbocycles. The maximum Gasteiger partial charge on any atom is 0.259 e. The molecule has 9 heteroatoms. The SMILES string of the molecule is COc1ccc(NC(C)=O)cc1NC(=O)c1cc(-c2cccs2)nc2onc(C)c12. The smallest absolute Gasteiger partial charge is 0.259 e. The molecule has 0 bridgehead atoms. The summed E-state index contributed by atoms with van der Waals surface area (Å²) in [5.41, 5.74) is 2.83. The fraction of sp³-hybridized carbons (Fsp3) is 0.143. The lowest BCUT2D eigenvalue weighted by atomic mass is 10.1. The van der Waals surface area contributed by atoms with Crippen LogP contribution in [0.2, 0.25) is 0 Å². The third-order valence-corrected chi connectivity index (χ3v) is 5.30. The monoisotopic (exact) mass is 422 g/mol. The third-order valence-electron chi connectivity index (χ3n) is 4.40. The zero-order chi connectivity index (χ0) is 21.3. The van der Waals surface area contributed by atoms with Crippen LogP contribution in [-0.2, 0) is 4.79 Å². The average molecular weight is 422 g/mol. The second kappa shape index (κ2) is 7.96. The van der Waals surface area contributed by atoms with E-state index in [1.54, 1.807) is 31.2 Å². The predicted molar refractivity (Wildman–Crippen MR) is 115 cm³/mol. The van der Waals surface area contributed by atoms with E-state index in [0.717, 1.165) is 4.88 Å². The number of benzene rings is 1. The Bertz CT molecular complexity index is 1250. The molecule has 152 valence electrons. The second-order valence-corrected chi connectivity index (χ2v) is 7.48. The summed E-state index contributed by atoms with van der Waals surface area (Å²) in [5.74, 6) is -0.123. The number of ether oxygens (including phenoxy) is 1. The first-order valence-electron chi connectivity index (χ1n) is 9.04. The molecule has 0 spiro atoms. The fourth-order valence-electron chi connectivity index (χ4n) is 3.10. The van der Waals surface area contributed by atoms with Crippen molar-refractivity contribution < 1.29 is 18.8 Å². The number of nitrogens with one attached hydrogen (secondary N) is 2. The number of pyridine rings is 1. The number of nitrogens with zero attached hydrogens (tertiary/aromatic N) is 2. The Morgan fingerprint density at radius 1 is 1.17 bits per heavy atom. The van der Waals surface area contributed by atoms with Crippen LogP contribution in [0.15, 0.2) is 46.3 Å². The van der Waals surface area contributed by atoms with Gasteiger partial charge in [-0.25, -0.2) is 4.98 Å². The molecular weight excluding hydrogens is 404 g/mol. The van der Waals surface area contributed by atoms with Crippen LogP contribution in [0.25, 0.3) is 21.7 Å². The molecule has 0 unspecified atom stereocenters. The second-order valence-electron chi connectivity index (χ2n) is 6.53. The molecule has 0 aliphatic heterocycles.